The first-order chi connectivity index (χ1) is 8.93. The van der Waals surface area contributed by atoms with Crippen molar-refractivity contribution in [3.8, 4) is 0 Å². The molecular formula is C11H14N2O4S2. The summed E-state index contributed by atoms with van der Waals surface area (Å²) in [5.41, 5.74) is -0.0267. The Morgan fingerprint density at radius 1 is 1.53 bits per heavy atom. The maximum atomic E-state index is 12.4. The van der Waals surface area contributed by atoms with Gasteiger partial charge in [0, 0.05) is 30.3 Å². The fraction of sp³-hybridized carbons (Fsp3) is 0.455. The Morgan fingerprint density at radius 2 is 2.26 bits per heavy atom. The maximum Gasteiger partial charge on any atom is 0.337 e. The Labute approximate surface area is 115 Å². The molecule has 1 aromatic rings. The summed E-state index contributed by atoms with van der Waals surface area (Å²) in [4.78, 5) is 14.5. The van der Waals surface area contributed by atoms with E-state index in [0.29, 0.717) is 6.54 Å². The van der Waals surface area contributed by atoms with Gasteiger partial charge in [-0.05, 0) is 19.1 Å². The minimum Gasteiger partial charge on any atom is -0.478 e. The number of carbonyl (C=O) groups is 1. The number of carboxylic acid groups (broad SMARTS) is 1. The van der Waals surface area contributed by atoms with Crippen LogP contribution < -0.4 is 0 Å². The molecule has 19 heavy (non-hydrogen) atoms. The lowest BCUT2D eigenvalue weighted by Gasteiger charge is -2.31. The third kappa shape index (κ3) is 2.90. The molecule has 1 atom stereocenters. The molecule has 0 radical (unpaired) electrons. The van der Waals surface area contributed by atoms with E-state index < -0.39 is 16.0 Å². The molecule has 1 saturated heterocycles. The van der Waals surface area contributed by atoms with Crippen LogP contribution in [0, 0.1) is 0 Å². The Morgan fingerprint density at radius 3 is 2.79 bits per heavy atom. The Kier molecular flexibility index (Phi) is 4.12. The molecule has 6 nitrogen and oxygen atoms in total. The summed E-state index contributed by atoms with van der Waals surface area (Å²) in [6.45, 7) is 2.31. The normalized spacial score (nSPS) is 21.2. The van der Waals surface area contributed by atoms with Crippen LogP contribution in [0.25, 0.3) is 0 Å². The quantitative estimate of drug-likeness (QED) is 0.893. The lowest BCUT2D eigenvalue weighted by Crippen LogP contribution is -2.44. The van der Waals surface area contributed by atoms with Gasteiger partial charge in [-0.3, -0.25) is 0 Å². The number of sulfonamides is 1. The van der Waals surface area contributed by atoms with Crippen LogP contribution in [-0.2, 0) is 10.0 Å². The van der Waals surface area contributed by atoms with Gasteiger partial charge < -0.3 is 5.11 Å². The number of hydrogen-bond acceptors (Lipinski definition) is 5. The first-order valence-corrected chi connectivity index (χ1v) is 8.31. The van der Waals surface area contributed by atoms with Crippen LogP contribution in [0.4, 0.5) is 0 Å². The minimum absolute atomic E-state index is 0.0267. The molecule has 1 aliphatic rings. The number of nitrogens with zero attached hydrogens (tertiary/aromatic N) is 2. The lowest BCUT2D eigenvalue weighted by molar-refractivity contribution is 0.0696. The summed E-state index contributed by atoms with van der Waals surface area (Å²) >= 11 is 1.72. The molecule has 2 rings (SSSR count). The van der Waals surface area contributed by atoms with Crippen molar-refractivity contribution in [1.82, 2.24) is 9.29 Å². The first kappa shape index (κ1) is 14.3. The summed E-state index contributed by atoms with van der Waals surface area (Å²) < 4.78 is 26.2. The summed E-state index contributed by atoms with van der Waals surface area (Å²) in [5.74, 6) is 0.391. The Balaban J connectivity index is 2.30. The van der Waals surface area contributed by atoms with E-state index in [-0.39, 0.29) is 16.6 Å². The van der Waals surface area contributed by atoms with Gasteiger partial charge in [0.05, 0.1) is 5.56 Å². The highest BCUT2D eigenvalue weighted by molar-refractivity contribution is 7.99. The van der Waals surface area contributed by atoms with Crippen molar-refractivity contribution in [2.45, 2.75) is 18.0 Å². The number of pyridine rings is 1. The molecule has 1 N–H and O–H groups in total. The number of thioether (sulfide) groups is 1. The largest absolute Gasteiger partial charge is 0.478 e. The van der Waals surface area contributed by atoms with E-state index in [1.54, 1.807) is 11.8 Å². The van der Waals surface area contributed by atoms with Crippen LogP contribution >= 0.6 is 11.8 Å². The fourth-order valence-electron chi connectivity index (χ4n) is 1.85. The zero-order chi connectivity index (χ0) is 14.0. The van der Waals surface area contributed by atoms with Gasteiger partial charge in [0.1, 0.15) is 0 Å². The molecule has 0 spiro atoms. The lowest BCUT2D eigenvalue weighted by atomic mass is 10.3. The van der Waals surface area contributed by atoms with Gasteiger partial charge in [-0.1, -0.05) is 0 Å². The number of aromatic nitrogens is 1. The first-order valence-electron chi connectivity index (χ1n) is 5.72. The van der Waals surface area contributed by atoms with Gasteiger partial charge in [-0.15, -0.1) is 0 Å². The van der Waals surface area contributed by atoms with Crippen molar-refractivity contribution in [2.75, 3.05) is 18.1 Å². The predicted octanol–water partition coefficient (Wildman–Crippen LogP) is 0.906. The second kappa shape index (κ2) is 5.48. The van der Waals surface area contributed by atoms with E-state index in [0.717, 1.165) is 17.7 Å². The maximum absolute atomic E-state index is 12.4. The van der Waals surface area contributed by atoms with Crippen molar-refractivity contribution in [2.24, 2.45) is 0 Å². The molecule has 0 bridgehead atoms. The SMILES string of the molecule is CC1CSCCN1S(=O)(=O)c1ccc(C(=O)O)cn1. The van der Waals surface area contributed by atoms with Gasteiger partial charge >= 0.3 is 5.97 Å². The summed E-state index contributed by atoms with van der Waals surface area (Å²) in [6, 6.07) is 2.42. The van der Waals surface area contributed by atoms with Crippen molar-refractivity contribution in [3.63, 3.8) is 0 Å². The second-order valence-corrected chi connectivity index (χ2v) is 7.22. The van der Waals surface area contributed by atoms with Crippen LogP contribution in [0.1, 0.15) is 17.3 Å². The van der Waals surface area contributed by atoms with Gasteiger partial charge in [0.15, 0.2) is 5.03 Å². The van der Waals surface area contributed by atoms with Crippen LogP contribution in [0.3, 0.4) is 0 Å². The molecular weight excluding hydrogens is 288 g/mol. The van der Waals surface area contributed by atoms with E-state index in [2.05, 4.69) is 4.98 Å². The molecule has 0 aliphatic carbocycles. The molecule has 104 valence electrons. The average molecular weight is 302 g/mol. The molecule has 0 aromatic carbocycles. The summed E-state index contributed by atoms with van der Waals surface area (Å²) in [7, 11) is -3.64. The highest BCUT2D eigenvalue weighted by Gasteiger charge is 2.32. The molecule has 0 saturated carbocycles. The number of aromatic carboxylic acids is 1. The average Bonchev–Trinajstić information content (AvgIpc) is 2.39. The summed E-state index contributed by atoms with van der Waals surface area (Å²) in [5, 5.41) is 8.67. The van der Waals surface area contributed by atoms with Crippen molar-refractivity contribution in [1.29, 1.82) is 0 Å². The predicted molar refractivity (Wildman–Crippen MR) is 71.9 cm³/mol. The monoisotopic (exact) mass is 302 g/mol. The zero-order valence-electron chi connectivity index (χ0n) is 10.3. The number of carboxylic acids is 1. The topological polar surface area (TPSA) is 87.6 Å². The smallest absolute Gasteiger partial charge is 0.337 e. The molecule has 0 amide bonds. The third-order valence-electron chi connectivity index (χ3n) is 2.86. The van der Waals surface area contributed by atoms with Crippen LogP contribution in [0.15, 0.2) is 23.4 Å². The zero-order valence-corrected chi connectivity index (χ0v) is 11.9. The van der Waals surface area contributed by atoms with Crippen LogP contribution in [-0.4, -0.2) is 52.9 Å². The van der Waals surface area contributed by atoms with Crippen LogP contribution in [0.2, 0.25) is 0 Å². The number of rotatable bonds is 3. The summed E-state index contributed by atoms with van der Waals surface area (Å²) in [6.07, 6.45) is 1.07. The van der Waals surface area contributed by atoms with E-state index >= 15 is 0 Å². The third-order valence-corrected chi connectivity index (χ3v) is 5.98. The minimum atomic E-state index is -3.64. The molecule has 1 unspecified atom stereocenters. The van der Waals surface area contributed by atoms with E-state index in [1.165, 1.54) is 16.4 Å². The van der Waals surface area contributed by atoms with Gasteiger partial charge in [0.25, 0.3) is 10.0 Å². The molecule has 8 heteroatoms. The van der Waals surface area contributed by atoms with Gasteiger partial charge in [-0.2, -0.15) is 16.1 Å². The van der Waals surface area contributed by atoms with Gasteiger partial charge in [0.2, 0.25) is 0 Å². The van der Waals surface area contributed by atoms with Crippen molar-refractivity contribution < 1.29 is 18.3 Å². The highest BCUT2D eigenvalue weighted by Crippen LogP contribution is 2.23. The Bertz CT molecular complexity index is 571. The molecule has 2 heterocycles. The molecule has 1 fully saturated rings. The number of hydrogen-bond donors (Lipinski definition) is 1. The fourth-order valence-corrected chi connectivity index (χ4v) is 4.62. The van der Waals surface area contributed by atoms with Crippen molar-refractivity contribution >= 4 is 27.8 Å². The standard InChI is InChI=1S/C11H14N2O4S2/c1-8-7-18-5-4-13(8)19(16,17)10-3-2-9(6-12-10)11(14)15/h2-3,6,8H,4-5,7H2,1H3,(H,14,15). The molecule has 1 aliphatic heterocycles. The highest BCUT2D eigenvalue weighted by atomic mass is 32.2. The van der Waals surface area contributed by atoms with E-state index in [4.69, 9.17) is 5.11 Å². The van der Waals surface area contributed by atoms with Crippen LogP contribution in [0.5, 0.6) is 0 Å². The molecule has 1 aromatic heterocycles. The van der Waals surface area contributed by atoms with E-state index in [9.17, 15) is 13.2 Å². The van der Waals surface area contributed by atoms with E-state index in [1.807, 2.05) is 6.92 Å². The Hall–Kier alpha value is -1.12. The van der Waals surface area contributed by atoms with Gasteiger partial charge in [-0.25, -0.2) is 18.2 Å². The van der Waals surface area contributed by atoms with Crippen molar-refractivity contribution in [3.05, 3.63) is 23.9 Å². The second-order valence-electron chi connectivity index (χ2n) is 4.23.